The maximum Gasteiger partial charge on any atom is 0.296 e. The molecule has 1 aliphatic rings. The maximum absolute atomic E-state index is 12.4. The fourth-order valence-corrected chi connectivity index (χ4v) is 2.60. The number of amides is 1. The molecule has 0 atom stereocenters. The van der Waals surface area contributed by atoms with Crippen LogP contribution in [-0.2, 0) is 10.2 Å². The van der Waals surface area contributed by atoms with E-state index in [1.165, 1.54) is 0 Å². The number of benzene rings is 2. The topological polar surface area (TPSA) is 64.6 Å². The van der Waals surface area contributed by atoms with Crippen molar-refractivity contribution in [2.24, 2.45) is 0 Å². The zero-order valence-electron chi connectivity index (χ0n) is 14.6. The van der Waals surface area contributed by atoms with Crippen LogP contribution in [0.2, 0.25) is 0 Å². The normalized spacial score (nSPS) is 13.2. The van der Waals surface area contributed by atoms with Crippen molar-refractivity contribution in [1.29, 1.82) is 0 Å². The van der Waals surface area contributed by atoms with Gasteiger partial charge in [-0.3, -0.25) is 9.59 Å². The lowest BCUT2D eigenvalue weighted by molar-refractivity contribution is -0.112. The highest BCUT2D eigenvalue weighted by Crippen LogP contribution is 2.37. The minimum absolute atomic E-state index is 0.00965. The largest absolute Gasteiger partial charge is 0.486 e. The Morgan fingerprint density at radius 1 is 0.960 bits per heavy atom. The molecule has 3 rings (SSSR count). The summed E-state index contributed by atoms with van der Waals surface area (Å²) in [7, 11) is 0. The molecule has 0 radical (unpaired) electrons. The summed E-state index contributed by atoms with van der Waals surface area (Å²) in [6.45, 7) is 7.15. The zero-order valence-corrected chi connectivity index (χ0v) is 14.6. The second-order valence-electron chi connectivity index (χ2n) is 6.94. The Bertz CT molecular complexity index is 803. The van der Waals surface area contributed by atoms with Crippen LogP contribution in [0.15, 0.2) is 42.5 Å². The fourth-order valence-electron chi connectivity index (χ4n) is 2.60. The highest BCUT2D eigenvalue weighted by atomic mass is 16.6. The molecule has 0 saturated heterocycles. The van der Waals surface area contributed by atoms with E-state index < -0.39 is 11.7 Å². The molecule has 5 heteroatoms. The first-order valence-corrected chi connectivity index (χ1v) is 8.21. The Hall–Kier alpha value is -2.82. The van der Waals surface area contributed by atoms with E-state index in [-0.39, 0.29) is 5.41 Å². The van der Waals surface area contributed by atoms with Crippen LogP contribution >= 0.6 is 0 Å². The quantitative estimate of drug-likeness (QED) is 0.686. The van der Waals surface area contributed by atoms with Gasteiger partial charge in [0, 0.05) is 5.56 Å². The van der Waals surface area contributed by atoms with E-state index in [1.807, 2.05) is 12.1 Å². The minimum atomic E-state index is -0.703. The summed E-state index contributed by atoms with van der Waals surface area (Å²) in [5.74, 6) is -0.273. The minimum Gasteiger partial charge on any atom is -0.486 e. The fraction of sp³-hybridized carbons (Fsp3) is 0.300. The van der Waals surface area contributed by atoms with Crippen molar-refractivity contribution in [3.63, 3.8) is 0 Å². The molecule has 1 amide bonds. The van der Waals surface area contributed by atoms with Crippen molar-refractivity contribution >= 4 is 17.4 Å². The average molecular weight is 339 g/mol. The Labute approximate surface area is 147 Å². The highest BCUT2D eigenvalue weighted by molar-refractivity contribution is 6.46. The van der Waals surface area contributed by atoms with Crippen LogP contribution in [0, 0.1) is 0 Å². The van der Waals surface area contributed by atoms with Gasteiger partial charge in [-0.2, -0.15) is 0 Å². The average Bonchev–Trinajstić information content (AvgIpc) is 2.61. The predicted octanol–water partition coefficient (Wildman–Crippen LogP) is 3.58. The number of fused-ring (bicyclic) bond motifs is 1. The lowest BCUT2D eigenvalue weighted by atomic mass is 9.86. The third-order valence-corrected chi connectivity index (χ3v) is 4.03. The van der Waals surface area contributed by atoms with Gasteiger partial charge in [-0.05, 0) is 23.1 Å². The molecule has 2 aromatic rings. The molecular weight excluding hydrogens is 318 g/mol. The Morgan fingerprint density at radius 2 is 1.64 bits per heavy atom. The van der Waals surface area contributed by atoms with E-state index in [4.69, 9.17) is 9.47 Å². The smallest absolute Gasteiger partial charge is 0.296 e. The molecule has 130 valence electrons. The van der Waals surface area contributed by atoms with Crippen molar-refractivity contribution in [2.75, 3.05) is 18.5 Å². The number of carbonyl (C=O) groups excluding carboxylic acids is 2. The van der Waals surface area contributed by atoms with Crippen LogP contribution < -0.4 is 14.8 Å². The van der Waals surface area contributed by atoms with Gasteiger partial charge in [0.15, 0.2) is 11.5 Å². The summed E-state index contributed by atoms with van der Waals surface area (Å²) in [5.41, 5.74) is 1.88. The van der Waals surface area contributed by atoms with Crippen molar-refractivity contribution in [3.05, 3.63) is 53.6 Å². The number of carbonyl (C=O) groups is 2. The van der Waals surface area contributed by atoms with E-state index >= 15 is 0 Å². The molecular formula is C20H21NO4. The first kappa shape index (κ1) is 17.0. The summed E-state index contributed by atoms with van der Waals surface area (Å²) >= 11 is 0. The summed E-state index contributed by atoms with van der Waals surface area (Å²) in [6.07, 6.45) is 0. The lowest BCUT2D eigenvalue weighted by Gasteiger charge is -2.21. The van der Waals surface area contributed by atoms with Crippen LogP contribution in [0.3, 0.4) is 0 Å². The molecule has 1 heterocycles. The van der Waals surface area contributed by atoms with Crippen LogP contribution in [0.1, 0.15) is 36.7 Å². The number of hydrogen-bond acceptors (Lipinski definition) is 4. The molecule has 1 aliphatic heterocycles. The summed E-state index contributed by atoms with van der Waals surface area (Å²) in [6, 6.07) is 12.3. The molecule has 0 fully saturated rings. The third-order valence-electron chi connectivity index (χ3n) is 4.03. The van der Waals surface area contributed by atoms with E-state index in [0.29, 0.717) is 36.0 Å². The number of anilines is 1. The van der Waals surface area contributed by atoms with E-state index in [0.717, 1.165) is 5.56 Å². The standard InChI is InChI=1S/C20H21NO4/c1-20(2,3)14-9-7-13(8-10-14)17(22)19(23)21-15-5-4-6-16-18(15)25-12-11-24-16/h4-10H,11-12H2,1-3H3,(H,21,23). The second kappa shape index (κ2) is 6.59. The molecule has 0 unspecified atom stereocenters. The van der Waals surface area contributed by atoms with Gasteiger partial charge in [0.1, 0.15) is 13.2 Å². The van der Waals surface area contributed by atoms with Crippen LogP contribution in [0.5, 0.6) is 11.5 Å². The summed E-state index contributed by atoms with van der Waals surface area (Å²) < 4.78 is 11.0. The van der Waals surface area contributed by atoms with E-state index in [9.17, 15) is 9.59 Å². The number of ether oxygens (including phenoxy) is 2. The zero-order chi connectivity index (χ0) is 18.0. The van der Waals surface area contributed by atoms with Gasteiger partial charge in [-0.15, -0.1) is 0 Å². The Kier molecular flexibility index (Phi) is 4.49. The van der Waals surface area contributed by atoms with Crippen molar-refractivity contribution in [3.8, 4) is 11.5 Å². The van der Waals surface area contributed by atoms with Gasteiger partial charge in [0.05, 0.1) is 5.69 Å². The highest BCUT2D eigenvalue weighted by Gasteiger charge is 2.22. The van der Waals surface area contributed by atoms with Crippen LogP contribution in [0.4, 0.5) is 5.69 Å². The number of para-hydroxylation sites is 1. The van der Waals surface area contributed by atoms with Gasteiger partial charge in [0.2, 0.25) is 0 Å². The monoisotopic (exact) mass is 339 g/mol. The van der Waals surface area contributed by atoms with Gasteiger partial charge >= 0.3 is 0 Å². The van der Waals surface area contributed by atoms with Crippen molar-refractivity contribution in [1.82, 2.24) is 0 Å². The Morgan fingerprint density at radius 3 is 2.32 bits per heavy atom. The maximum atomic E-state index is 12.4. The van der Waals surface area contributed by atoms with E-state index in [1.54, 1.807) is 30.3 Å². The van der Waals surface area contributed by atoms with Gasteiger partial charge < -0.3 is 14.8 Å². The summed E-state index contributed by atoms with van der Waals surface area (Å²) in [5, 5.41) is 2.62. The first-order valence-electron chi connectivity index (χ1n) is 8.21. The Balaban J connectivity index is 1.77. The molecule has 0 aromatic heterocycles. The molecule has 5 nitrogen and oxygen atoms in total. The molecule has 25 heavy (non-hydrogen) atoms. The number of Topliss-reactive ketones (excluding diaryl/α,β-unsaturated/α-hetero) is 1. The summed E-state index contributed by atoms with van der Waals surface area (Å²) in [4.78, 5) is 24.7. The molecule has 0 saturated carbocycles. The third kappa shape index (κ3) is 3.65. The van der Waals surface area contributed by atoms with Crippen LogP contribution in [-0.4, -0.2) is 24.9 Å². The molecule has 0 bridgehead atoms. The number of hydrogen-bond donors (Lipinski definition) is 1. The number of nitrogens with one attached hydrogen (secondary N) is 1. The molecule has 0 aliphatic carbocycles. The van der Waals surface area contributed by atoms with Crippen LogP contribution in [0.25, 0.3) is 0 Å². The van der Waals surface area contributed by atoms with Gasteiger partial charge in [-0.1, -0.05) is 51.1 Å². The SMILES string of the molecule is CC(C)(C)c1ccc(C(=O)C(=O)Nc2cccc3c2OCCO3)cc1. The second-order valence-corrected chi connectivity index (χ2v) is 6.94. The van der Waals surface area contributed by atoms with E-state index in [2.05, 4.69) is 26.1 Å². The first-order chi connectivity index (χ1) is 11.9. The van der Waals surface area contributed by atoms with Crippen molar-refractivity contribution in [2.45, 2.75) is 26.2 Å². The number of ketones is 1. The van der Waals surface area contributed by atoms with Crippen molar-refractivity contribution < 1.29 is 19.1 Å². The lowest BCUT2D eigenvalue weighted by Crippen LogP contribution is -2.24. The molecule has 0 spiro atoms. The van der Waals surface area contributed by atoms with Gasteiger partial charge in [-0.25, -0.2) is 0 Å². The molecule has 2 aromatic carbocycles. The van der Waals surface area contributed by atoms with Gasteiger partial charge in [0.25, 0.3) is 11.7 Å². The molecule has 1 N–H and O–H groups in total. The number of rotatable bonds is 3. The predicted molar refractivity (Wildman–Crippen MR) is 95.5 cm³/mol.